The van der Waals surface area contributed by atoms with Gasteiger partial charge in [0.05, 0.1) is 13.7 Å². The first-order valence-electron chi connectivity index (χ1n) is 5.43. The maximum atomic E-state index is 11.2. The lowest BCUT2D eigenvalue weighted by molar-refractivity contribution is 0.0595. The Hall–Kier alpha value is -1.40. The fraction of sp³-hybridized carbons (Fsp3) is 0.333. The van der Waals surface area contributed by atoms with Gasteiger partial charge in [0.1, 0.15) is 0 Å². The Labute approximate surface area is 114 Å². The van der Waals surface area contributed by atoms with Crippen LogP contribution in [0.4, 0.5) is 5.13 Å². The Morgan fingerprint density at radius 1 is 1.50 bits per heavy atom. The number of rotatable bonds is 4. The van der Waals surface area contributed by atoms with Crippen LogP contribution in [0.1, 0.15) is 25.8 Å². The molecule has 0 aromatic carbocycles. The van der Waals surface area contributed by atoms with Crippen LogP contribution in [0, 0.1) is 13.8 Å². The molecular weight excluding hydrogens is 268 g/mol. The topological polar surface area (TPSA) is 51.2 Å². The van der Waals surface area contributed by atoms with Gasteiger partial charge in [0.2, 0.25) is 0 Å². The molecule has 0 amide bonds. The van der Waals surface area contributed by atoms with E-state index in [1.807, 2.05) is 0 Å². The summed E-state index contributed by atoms with van der Waals surface area (Å²) in [4.78, 5) is 18.0. The fourth-order valence-electron chi connectivity index (χ4n) is 1.45. The fourth-order valence-corrected chi connectivity index (χ4v) is 3.12. The second-order valence-electron chi connectivity index (χ2n) is 3.83. The highest BCUT2D eigenvalue weighted by Gasteiger charge is 2.10. The Balaban J connectivity index is 1.98. The van der Waals surface area contributed by atoms with Crippen molar-refractivity contribution in [1.82, 2.24) is 4.98 Å². The van der Waals surface area contributed by atoms with E-state index >= 15 is 0 Å². The van der Waals surface area contributed by atoms with Crippen molar-refractivity contribution in [3.63, 3.8) is 0 Å². The van der Waals surface area contributed by atoms with Gasteiger partial charge >= 0.3 is 5.97 Å². The minimum atomic E-state index is -0.401. The standard InChI is InChI=1S/C12H14N2O2S2/c1-7-4-9(18-8(7)2)5-13-12-14-10(6-17-12)11(15)16-3/h4,6H,5H2,1-3H3,(H,13,14). The third kappa shape index (κ3) is 2.88. The summed E-state index contributed by atoms with van der Waals surface area (Å²) in [5, 5.41) is 5.64. The highest BCUT2D eigenvalue weighted by atomic mass is 32.1. The lowest BCUT2D eigenvalue weighted by Crippen LogP contribution is -2.02. The summed E-state index contributed by atoms with van der Waals surface area (Å²) in [6, 6.07) is 2.17. The Bertz CT molecular complexity index is 541. The highest BCUT2D eigenvalue weighted by molar-refractivity contribution is 7.14. The molecule has 0 radical (unpaired) electrons. The smallest absolute Gasteiger partial charge is 0.357 e. The number of nitrogens with one attached hydrogen (secondary N) is 1. The minimum absolute atomic E-state index is 0.351. The number of aromatic nitrogens is 1. The molecule has 0 atom stereocenters. The number of thiazole rings is 1. The van der Waals surface area contributed by atoms with Gasteiger partial charge in [-0.1, -0.05) is 0 Å². The van der Waals surface area contributed by atoms with Crippen LogP contribution in [0.5, 0.6) is 0 Å². The number of nitrogens with zero attached hydrogens (tertiary/aromatic N) is 1. The first-order valence-corrected chi connectivity index (χ1v) is 7.13. The van der Waals surface area contributed by atoms with Crippen molar-refractivity contribution in [2.75, 3.05) is 12.4 Å². The van der Waals surface area contributed by atoms with E-state index in [1.165, 1.54) is 33.8 Å². The third-order valence-corrected chi connectivity index (χ3v) is 4.48. The van der Waals surface area contributed by atoms with Gasteiger partial charge in [-0.2, -0.15) is 0 Å². The summed E-state index contributed by atoms with van der Waals surface area (Å²) in [5.74, 6) is -0.401. The van der Waals surface area contributed by atoms with Crippen LogP contribution in [-0.4, -0.2) is 18.1 Å². The summed E-state index contributed by atoms with van der Waals surface area (Å²) < 4.78 is 4.61. The zero-order valence-electron chi connectivity index (χ0n) is 10.4. The number of hydrogen-bond acceptors (Lipinski definition) is 6. The van der Waals surface area contributed by atoms with E-state index in [9.17, 15) is 4.79 Å². The average Bonchev–Trinajstić information content (AvgIpc) is 2.94. The maximum Gasteiger partial charge on any atom is 0.357 e. The van der Waals surface area contributed by atoms with E-state index < -0.39 is 5.97 Å². The molecule has 0 unspecified atom stereocenters. The van der Waals surface area contributed by atoms with E-state index in [0.717, 1.165) is 11.7 Å². The summed E-state index contributed by atoms with van der Waals surface area (Å²) >= 11 is 3.18. The molecule has 1 N–H and O–H groups in total. The van der Waals surface area contributed by atoms with Gasteiger partial charge in [0.15, 0.2) is 10.8 Å². The minimum Gasteiger partial charge on any atom is -0.464 e. The van der Waals surface area contributed by atoms with Crippen LogP contribution in [-0.2, 0) is 11.3 Å². The normalized spacial score (nSPS) is 10.4. The molecule has 0 saturated carbocycles. The number of ether oxygens (including phenoxy) is 1. The van der Waals surface area contributed by atoms with Gasteiger partial charge in [-0.3, -0.25) is 0 Å². The number of aryl methyl sites for hydroxylation is 2. The third-order valence-electron chi connectivity index (χ3n) is 2.53. The van der Waals surface area contributed by atoms with Crippen molar-refractivity contribution in [3.05, 3.63) is 32.5 Å². The van der Waals surface area contributed by atoms with Crippen molar-refractivity contribution >= 4 is 33.8 Å². The van der Waals surface area contributed by atoms with Gasteiger partial charge in [-0.15, -0.1) is 22.7 Å². The monoisotopic (exact) mass is 282 g/mol. The van der Waals surface area contributed by atoms with Crippen LogP contribution >= 0.6 is 22.7 Å². The molecular formula is C12H14N2O2S2. The van der Waals surface area contributed by atoms with E-state index in [-0.39, 0.29) is 0 Å². The van der Waals surface area contributed by atoms with Crippen molar-refractivity contribution in [1.29, 1.82) is 0 Å². The zero-order valence-corrected chi connectivity index (χ0v) is 12.1. The number of esters is 1. The molecule has 2 aromatic heterocycles. The van der Waals surface area contributed by atoms with Crippen LogP contribution in [0.2, 0.25) is 0 Å². The predicted octanol–water partition coefficient (Wildman–Crippen LogP) is 3.22. The second-order valence-corrected chi connectivity index (χ2v) is 6.03. The number of hydrogen-bond donors (Lipinski definition) is 1. The molecule has 0 saturated heterocycles. The van der Waals surface area contributed by atoms with Crippen LogP contribution in [0.3, 0.4) is 0 Å². The van der Waals surface area contributed by atoms with Gasteiger partial charge in [-0.05, 0) is 25.5 Å². The Morgan fingerprint density at radius 2 is 2.28 bits per heavy atom. The number of carbonyl (C=O) groups excluding carboxylic acids is 1. The average molecular weight is 282 g/mol. The molecule has 4 nitrogen and oxygen atoms in total. The van der Waals surface area contributed by atoms with Gasteiger partial charge in [0.25, 0.3) is 0 Å². The molecule has 0 bridgehead atoms. The van der Waals surface area contributed by atoms with E-state index in [1.54, 1.807) is 16.7 Å². The van der Waals surface area contributed by atoms with E-state index in [2.05, 4.69) is 35.0 Å². The molecule has 2 aromatic rings. The second kappa shape index (κ2) is 5.49. The van der Waals surface area contributed by atoms with E-state index in [4.69, 9.17) is 0 Å². The number of thiophene rings is 1. The number of carbonyl (C=O) groups is 1. The van der Waals surface area contributed by atoms with Crippen LogP contribution in [0.25, 0.3) is 0 Å². The largest absolute Gasteiger partial charge is 0.464 e. The van der Waals surface area contributed by atoms with Gasteiger partial charge < -0.3 is 10.1 Å². The maximum absolute atomic E-state index is 11.2. The molecule has 0 fully saturated rings. The molecule has 0 aliphatic heterocycles. The molecule has 18 heavy (non-hydrogen) atoms. The van der Waals surface area contributed by atoms with Crippen LogP contribution in [0.15, 0.2) is 11.4 Å². The van der Waals surface area contributed by atoms with Crippen molar-refractivity contribution in [3.8, 4) is 0 Å². The predicted molar refractivity (Wildman–Crippen MR) is 74.6 cm³/mol. The van der Waals surface area contributed by atoms with Crippen molar-refractivity contribution in [2.45, 2.75) is 20.4 Å². The Morgan fingerprint density at radius 3 is 2.89 bits per heavy atom. The summed E-state index contributed by atoms with van der Waals surface area (Å²) in [6.45, 7) is 4.95. The number of methoxy groups -OCH3 is 1. The molecule has 0 aliphatic rings. The lowest BCUT2D eigenvalue weighted by atomic mass is 10.3. The summed E-state index contributed by atoms with van der Waals surface area (Å²) in [5.41, 5.74) is 1.66. The molecule has 0 spiro atoms. The van der Waals surface area contributed by atoms with Gasteiger partial charge in [0, 0.05) is 15.1 Å². The quantitative estimate of drug-likeness (QED) is 0.875. The van der Waals surface area contributed by atoms with Gasteiger partial charge in [-0.25, -0.2) is 9.78 Å². The summed E-state index contributed by atoms with van der Waals surface area (Å²) in [7, 11) is 1.35. The molecule has 6 heteroatoms. The van der Waals surface area contributed by atoms with Crippen molar-refractivity contribution < 1.29 is 9.53 Å². The van der Waals surface area contributed by atoms with Crippen LogP contribution < -0.4 is 5.32 Å². The van der Waals surface area contributed by atoms with Crippen molar-refractivity contribution in [2.24, 2.45) is 0 Å². The zero-order chi connectivity index (χ0) is 13.1. The molecule has 2 heterocycles. The highest BCUT2D eigenvalue weighted by Crippen LogP contribution is 2.22. The lowest BCUT2D eigenvalue weighted by Gasteiger charge is -1.98. The first-order chi connectivity index (χ1) is 8.60. The first kappa shape index (κ1) is 13.0. The molecule has 96 valence electrons. The van der Waals surface area contributed by atoms with E-state index in [0.29, 0.717) is 5.69 Å². The number of anilines is 1. The summed E-state index contributed by atoms with van der Waals surface area (Å²) in [6.07, 6.45) is 0. The molecule has 0 aliphatic carbocycles. The SMILES string of the molecule is COC(=O)c1csc(NCc2cc(C)c(C)s2)n1. The molecule has 2 rings (SSSR count). The Kier molecular flexibility index (Phi) is 3.98.